The predicted octanol–water partition coefficient (Wildman–Crippen LogP) is 0.796. The van der Waals surface area contributed by atoms with Crippen molar-refractivity contribution in [3.8, 4) is 0 Å². The number of aromatic nitrogens is 4. The molecule has 9 heteroatoms. The largest absolute Gasteiger partial charge is 0.357 e. The van der Waals surface area contributed by atoms with Crippen molar-refractivity contribution in [1.29, 1.82) is 0 Å². The lowest BCUT2D eigenvalue weighted by molar-refractivity contribution is -0.384. The fraction of sp³-hybridized carbons (Fsp3) is 0.364. The van der Waals surface area contributed by atoms with Gasteiger partial charge in [-0.25, -0.2) is 4.98 Å². The van der Waals surface area contributed by atoms with E-state index in [2.05, 4.69) is 20.4 Å². The molecule has 0 radical (unpaired) electrons. The van der Waals surface area contributed by atoms with Gasteiger partial charge in [0.05, 0.1) is 11.1 Å². The van der Waals surface area contributed by atoms with Gasteiger partial charge in [-0.3, -0.25) is 14.8 Å². The quantitative estimate of drug-likeness (QED) is 0.636. The van der Waals surface area contributed by atoms with Gasteiger partial charge in [0.2, 0.25) is 11.8 Å². The van der Waals surface area contributed by atoms with E-state index >= 15 is 0 Å². The topological polar surface area (TPSA) is 102 Å². The minimum Gasteiger partial charge on any atom is -0.357 e. The van der Waals surface area contributed by atoms with Crippen molar-refractivity contribution in [1.82, 2.24) is 19.7 Å². The Morgan fingerprint density at radius 2 is 2.25 bits per heavy atom. The average molecular weight is 277 g/mol. The van der Waals surface area contributed by atoms with Gasteiger partial charge < -0.3 is 10.2 Å². The number of hydrogen-bond acceptors (Lipinski definition) is 7. The Bertz CT molecular complexity index is 625. The van der Waals surface area contributed by atoms with Gasteiger partial charge in [-0.05, 0) is 0 Å². The Labute approximate surface area is 115 Å². The number of nitro groups is 1. The van der Waals surface area contributed by atoms with Crippen LogP contribution in [0.1, 0.15) is 5.56 Å². The molecule has 2 rings (SSSR count). The highest BCUT2D eigenvalue weighted by Crippen LogP contribution is 2.26. The second kappa shape index (κ2) is 5.51. The highest BCUT2D eigenvalue weighted by molar-refractivity contribution is 5.58. The van der Waals surface area contributed by atoms with Crippen LogP contribution in [0.2, 0.25) is 0 Å². The van der Waals surface area contributed by atoms with Crippen LogP contribution < -0.4 is 10.2 Å². The van der Waals surface area contributed by atoms with Gasteiger partial charge in [-0.2, -0.15) is 10.1 Å². The zero-order valence-electron chi connectivity index (χ0n) is 11.4. The van der Waals surface area contributed by atoms with E-state index in [0.29, 0.717) is 12.5 Å². The van der Waals surface area contributed by atoms with Crippen LogP contribution in [0.25, 0.3) is 0 Å². The third-order valence-corrected chi connectivity index (χ3v) is 2.71. The Morgan fingerprint density at radius 1 is 1.50 bits per heavy atom. The molecule has 0 saturated heterocycles. The van der Waals surface area contributed by atoms with Gasteiger partial charge in [0.15, 0.2) is 0 Å². The smallest absolute Gasteiger partial charge is 0.329 e. The van der Waals surface area contributed by atoms with Crippen molar-refractivity contribution in [2.24, 2.45) is 7.05 Å². The van der Waals surface area contributed by atoms with Crippen LogP contribution in [0.4, 0.5) is 17.5 Å². The van der Waals surface area contributed by atoms with Gasteiger partial charge in [-0.1, -0.05) is 0 Å². The lowest BCUT2D eigenvalue weighted by atomic mass is 10.3. The average Bonchev–Trinajstić information content (AvgIpc) is 2.83. The number of hydrogen-bond donors (Lipinski definition) is 1. The second-order valence-electron chi connectivity index (χ2n) is 4.29. The number of rotatable bonds is 5. The molecule has 0 atom stereocenters. The molecule has 0 amide bonds. The van der Waals surface area contributed by atoms with Crippen LogP contribution in [0.15, 0.2) is 18.6 Å². The summed E-state index contributed by atoms with van der Waals surface area (Å²) in [5.41, 5.74) is 0.810. The lowest BCUT2D eigenvalue weighted by Gasteiger charge is -2.17. The third-order valence-electron chi connectivity index (χ3n) is 2.71. The maximum absolute atomic E-state index is 11.0. The molecule has 0 aromatic carbocycles. The summed E-state index contributed by atoms with van der Waals surface area (Å²) in [6, 6.07) is 0. The van der Waals surface area contributed by atoms with Gasteiger partial charge in [0.1, 0.15) is 6.20 Å². The number of anilines is 2. The summed E-state index contributed by atoms with van der Waals surface area (Å²) in [5, 5.41) is 17.9. The SMILES string of the molecule is CNc1ncc([N+](=O)[O-])c(N(C)Cc2cnn(C)c2)n1. The van der Waals surface area contributed by atoms with E-state index in [9.17, 15) is 10.1 Å². The van der Waals surface area contributed by atoms with Crippen LogP contribution in [0.3, 0.4) is 0 Å². The van der Waals surface area contributed by atoms with Crippen molar-refractivity contribution >= 4 is 17.5 Å². The van der Waals surface area contributed by atoms with Crippen LogP contribution in [-0.2, 0) is 13.6 Å². The Kier molecular flexibility index (Phi) is 3.78. The molecular weight excluding hydrogens is 262 g/mol. The first-order valence-electron chi connectivity index (χ1n) is 5.89. The number of aryl methyl sites for hydroxylation is 1. The molecule has 2 aromatic heterocycles. The molecule has 0 spiro atoms. The molecule has 0 aliphatic heterocycles. The van der Waals surface area contributed by atoms with E-state index in [1.54, 1.807) is 29.9 Å². The Morgan fingerprint density at radius 3 is 2.80 bits per heavy atom. The van der Waals surface area contributed by atoms with E-state index < -0.39 is 4.92 Å². The Hall–Kier alpha value is -2.71. The third kappa shape index (κ3) is 2.82. The van der Waals surface area contributed by atoms with E-state index in [0.717, 1.165) is 5.56 Å². The van der Waals surface area contributed by atoms with Gasteiger partial charge >= 0.3 is 5.69 Å². The number of nitrogens with one attached hydrogen (secondary N) is 1. The Balaban J connectivity index is 2.31. The summed E-state index contributed by atoms with van der Waals surface area (Å²) >= 11 is 0. The van der Waals surface area contributed by atoms with Crippen molar-refractivity contribution < 1.29 is 4.92 Å². The van der Waals surface area contributed by atoms with Gasteiger partial charge in [0.25, 0.3) is 0 Å². The molecule has 0 aliphatic carbocycles. The first-order chi connectivity index (χ1) is 9.51. The van der Waals surface area contributed by atoms with Crippen LogP contribution >= 0.6 is 0 Å². The molecule has 9 nitrogen and oxygen atoms in total. The summed E-state index contributed by atoms with van der Waals surface area (Å²) < 4.78 is 1.68. The van der Waals surface area contributed by atoms with Crippen molar-refractivity contribution in [2.75, 3.05) is 24.3 Å². The molecule has 2 heterocycles. The minimum atomic E-state index is -0.492. The lowest BCUT2D eigenvalue weighted by Crippen LogP contribution is -2.19. The molecule has 106 valence electrons. The van der Waals surface area contributed by atoms with Crippen molar-refractivity contribution in [3.05, 3.63) is 34.3 Å². The summed E-state index contributed by atoms with van der Waals surface area (Å²) in [5.74, 6) is 0.599. The van der Waals surface area contributed by atoms with Crippen molar-refractivity contribution in [2.45, 2.75) is 6.54 Å². The first kappa shape index (κ1) is 13.7. The fourth-order valence-corrected chi connectivity index (χ4v) is 1.80. The van der Waals surface area contributed by atoms with Gasteiger partial charge in [0, 0.05) is 39.4 Å². The van der Waals surface area contributed by atoms with Crippen molar-refractivity contribution in [3.63, 3.8) is 0 Å². The van der Waals surface area contributed by atoms with Crippen LogP contribution in [-0.4, -0.2) is 38.8 Å². The molecule has 1 N–H and O–H groups in total. The molecule has 0 unspecified atom stereocenters. The first-order valence-corrected chi connectivity index (χ1v) is 5.89. The molecule has 0 bridgehead atoms. The second-order valence-corrected chi connectivity index (χ2v) is 4.29. The number of nitrogens with zero attached hydrogens (tertiary/aromatic N) is 6. The van der Waals surface area contributed by atoms with E-state index in [4.69, 9.17) is 0 Å². The maximum Gasteiger partial charge on any atom is 0.329 e. The highest BCUT2D eigenvalue weighted by Gasteiger charge is 2.21. The van der Waals surface area contributed by atoms with E-state index in [1.807, 2.05) is 13.2 Å². The molecule has 0 saturated carbocycles. The maximum atomic E-state index is 11.0. The highest BCUT2D eigenvalue weighted by atomic mass is 16.6. The zero-order valence-corrected chi connectivity index (χ0v) is 11.4. The minimum absolute atomic E-state index is 0.129. The molecule has 0 fully saturated rings. The van der Waals surface area contributed by atoms with Gasteiger partial charge in [-0.15, -0.1) is 0 Å². The van der Waals surface area contributed by atoms with Crippen LogP contribution in [0.5, 0.6) is 0 Å². The monoisotopic (exact) mass is 277 g/mol. The standard InChI is InChI=1S/C11H15N7O2/c1-12-11-13-5-9(18(19)20)10(15-11)16(2)6-8-4-14-17(3)7-8/h4-5,7H,6H2,1-3H3,(H,12,13,15). The summed E-state index contributed by atoms with van der Waals surface area (Å²) in [4.78, 5) is 20.3. The van der Waals surface area contributed by atoms with Crippen LogP contribution in [0, 0.1) is 10.1 Å². The van der Waals surface area contributed by atoms with E-state index in [1.165, 1.54) is 6.20 Å². The predicted molar refractivity (Wildman–Crippen MR) is 73.5 cm³/mol. The molecular formula is C11H15N7O2. The zero-order chi connectivity index (χ0) is 14.7. The fourth-order valence-electron chi connectivity index (χ4n) is 1.80. The summed E-state index contributed by atoms with van der Waals surface area (Å²) in [7, 11) is 5.21. The normalized spacial score (nSPS) is 10.3. The van der Waals surface area contributed by atoms with E-state index in [-0.39, 0.29) is 11.5 Å². The summed E-state index contributed by atoms with van der Waals surface area (Å²) in [6.07, 6.45) is 4.76. The molecule has 0 aliphatic rings. The molecule has 2 aromatic rings. The molecule has 20 heavy (non-hydrogen) atoms. The summed E-state index contributed by atoms with van der Waals surface area (Å²) in [6.45, 7) is 0.467.